The third-order valence-electron chi connectivity index (χ3n) is 13.5. The van der Waals surface area contributed by atoms with E-state index in [0.29, 0.717) is 0 Å². The molecule has 0 heterocycles. The van der Waals surface area contributed by atoms with E-state index in [-0.39, 0.29) is 10.8 Å². The van der Waals surface area contributed by atoms with Crippen LogP contribution >= 0.6 is 17.0 Å². The Bertz CT molecular complexity index is 2780. The van der Waals surface area contributed by atoms with Crippen LogP contribution in [-0.2, 0) is 31.7 Å². The van der Waals surface area contributed by atoms with Gasteiger partial charge in [-0.1, -0.05) is 274 Å². The first kappa shape index (κ1) is 60.0. The van der Waals surface area contributed by atoms with Crippen molar-refractivity contribution in [2.75, 3.05) is 0 Å². The Labute approximate surface area is 463 Å². The number of benzene rings is 6. The number of halogens is 2. The molecule has 0 aromatic heterocycles. The Morgan fingerprint density at radius 2 is 0.653 bits per heavy atom. The second-order valence-corrected chi connectivity index (χ2v) is 50.9. The van der Waals surface area contributed by atoms with Crippen molar-refractivity contribution in [2.24, 2.45) is 0 Å². The van der Waals surface area contributed by atoms with Gasteiger partial charge in [0.25, 0.3) is 0 Å². The van der Waals surface area contributed by atoms with E-state index in [1.165, 1.54) is 77.2 Å². The standard InChI is InChI=1S/2C31H39Si2.C2H6Si.2ClH.Zr/c2*1-31(2,3)29-16-15-23-17-24(22-13-11-10-12-14-22)20-28(23)30(29)25-18-26(32(4,5)6)21-27(19-25)33(7,8)9;1-3-2;;;/h2*10-21H,1-9H3;1-2H3;2*1H;/q2*-1;;;;+4/p-2. The van der Waals surface area contributed by atoms with Gasteiger partial charge in [-0.15, -0.1) is 69.1 Å². The molecule has 0 saturated heterocycles. The molecule has 0 unspecified atom stereocenters. The van der Waals surface area contributed by atoms with Gasteiger partial charge in [0.05, 0.1) is 32.3 Å². The molecule has 0 nitrogen and oxygen atoms in total. The summed E-state index contributed by atoms with van der Waals surface area (Å²) in [6.45, 7) is 48.1. The van der Waals surface area contributed by atoms with Crippen molar-refractivity contribution in [3.63, 3.8) is 0 Å². The number of hydrogen-bond donors (Lipinski definition) is 0. The molecule has 378 valence electrons. The maximum absolute atomic E-state index is 4.93. The van der Waals surface area contributed by atoms with Gasteiger partial charge >= 0.3 is 37.9 Å². The van der Waals surface area contributed by atoms with Crippen molar-refractivity contribution in [2.45, 2.75) is 144 Å². The topological polar surface area (TPSA) is 0 Å². The Morgan fingerprint density at radius 3 is 0.889 bits per heavy atom. The summed E-state index contributed by atoms with van der Waals surface area (Å²) < 4.78 is 0. The molecule has 0 bridgehead atoms. The van der Waals surface area contributed by atoms with Crippen molar-refractivity contribution >= 4 is 101 Å². The van der Waals surface area contributed by atoms with Crippen molar-refractivity contribution in [1.29, 1.82) is 0 Å². The second kappa shape index (κ2) is 24.0. The van der Waals surface area contributed by atoms with Crippen molar-refractivity contribution in [1.82, 2.24) is 0 Å². The van der Waals surface area contributed by atoms with E-state index in [2.05, 4.69) is 279 Å². The zero-order valence-electron chi connectivity index (χ0n) is 47.6. The molecule has 0 saturated carbocycles. The zero-order chi connectivity index (χ0) is 53.8. The monoisotopic (exact) mass is 1150 g/mol. The van der Waals surface area contributed by atoms with E-state index in [9.17, 15) is 0 Å². The molecule has 0 aliphatic heterocycles. The van der Waals surface area contributed by atoms with Gasteiger partial charge in [0, 0.05) is 9.52 Å². The third kappa shape index (κ3) is 15.1. The van der Waals surface area contributed by atoms with Gasteiger partial charge in [0.1, 0.15) is 0 Å². The summed E-state index contributed by atoms with van der Waals surface area (Å²) in [5, 5.41) is 11.7. The summed E-state index contributed by atoms with van der Waals surface area (Å²) in [5.74, 6) is 0. The molecule has 8 heteroatoms. The van der Waals surface area contributed by atoms with Crippen LogP contribution in [0.1, 0.15) is 52.7 Å². The number of rotatable bonds is 8. The predicted octanol–water partition coefficient (Wildman–Crippen LogP) is 18.7. The van der Waals surface area contributed by atoms with E-state index in [0.717, 1.165) is 9.52 Å². The van der Waals surface area contributed by atoms with Crippen LogP contribution in [0.15, 0.2) is 146 Å². The van der Waals surface area contributed by atoms with Gasteiger partial charge < -0.3 is 0 Å². The molecule has 8 rings (SSSR count). The second-order valence-electron chi connectivity index (χ2n) is 25.9. The SMILES string of the molecule is CC(C)(C)c1ccc2[cH-]c(-c3ccccc3)cc2c1-c1cc([Si](C)(C)C)cc([Si](C)(C)C)c1.CC(C)(C)c1ccc2[cH-]c(-c3ccccc3)cc2c1-c1cc([Si](C)(C)C)cc([Si](C)(C)C)c1.C[Si]C.[Cl][Zr+2][Cl]. The zero-order valence-corrected chi connectivity index (χ0v) is 56.6. The molecule has 0 spiro atoms. The number of hydrogen-bond acceptors (Lipinski definition) is 0. The molecule has 0 aliphatic carbocycles. The van der Waals surface area contributed by atoms with Gasteiger partial charge in [0.15, 0.2) is 0 Å². The van der Waals surface area contributed by atoms with Gasteiger partial charge in [-0.3, -0.25) is 0 Å². The number of fused-ring (bicyclic) bond motifs is 2. The summed E-state index contributed by atoms with van der Waals surface area (Å²) in [4.78, 5) is 0. The van der Waals surface area contributed by atoms with Crippen molar-refractivity contribution in [3.05, 3.63) is 157 Å². The first-order valence-electron chi connectivity index (χ1n) is 25.8. The van der Waals surface area contributed by atoms with Crippen molar-refractivity contribution in [3.8, 4) is 44.5 Å². The Hall–Kier alpha value is -2.91. The van der Waals surface area contributed by atoms with Gasteiger partial charge in [-0.05, 0) is 44.2 Å². The van der Waals surface area contributed by atoms with Crippen LogP contribution in [0, 0.1) is 0 Å². The molecule has 72 heavy (non-hydrogen) atoms. The molecular weight excluding hydrogens is 1070 g/mol. The molecule has 0 N–H and O–H groups in total. The quantitative estimate of drug-likeness (QED) is 0.105. The molecule has 2 radical (unpaired) electrons. The van der Waals surface area contributed by atoms with Gasteiger partial charge in [-0.2, -0.15) is 0 Å². The molecule has 0 fully saturated rings. The summed E-state index contributed by atoms with van der Waals surface area (Å²) in [7, 11) is 5.10. The average molecular weight is 1160 g/mol. The normalized spacial score (nSPS) is 12.3. The average Bonchev–Trinajstić information content (AvgIpc) is 3.93. The Balaban J connectivity index is 0.000000241. The van der Waals surface area contributed by atoms with Crippen LogP contribution in [0.3, 0.4) is 0 Å². The van der Waals surface area contributed by atoms with E-state index in [1.54, 1.807) is 20.7 Å². The molecule has 0 amide bonds. The first-order chi connectivity index (χ1) is 33.3. The van der Waals surface area contributed by atoms with Crippen LogP contribution in [0.4, 0.5) is 0 Å². The summed E-state index contributed by atoms with van der Waals surface area (Å²) in [6, 6.07) is 55.7. The minimum absolute atomic E-state index is 0.0716. The van der Waals surface area contributed by atoms with E-state index in [1.807, 2.05) is 0 Å². The van der Waals surface area contributed by atoms with Crippen molar-refractivity contribution < 1.29 is 20.8 Å². The summed E-state index contributed by atoms with van der Waals surface area (Å²) in [5.41, 5.74) is 13.9. The Morgan fingerprint density at radius 1 is 0.389 bits per heavy atom. The molecule has 0 aliphatic rings. The van der Waals surface area contributed by atoms with Gasteiger partial charge in [0.2, 0.25) is 0 Å². The molecule has 8 aromatic rings. The third-order valence-corrected chi connectivity index (χ3v) is 21.6. The van der Waals surface area contributed by atoms with Gasteiger partial charge in [-0.25, -0.2) is 0 Å². The fourth-order valence-corrected chi connectivity index (χ4v) is 14.3. The van der Waals surface area contributed by atoms with E-state index in [4.69, 9.17) is 17.0 Å². The fourth-order valence-electron chi connectivity index (χ4n) is 9.31. The fraction of sp³-hybridized carbons (Fsp3) is 0.344. The Kier molecular flexibility index (Phi) is 20.0. The van der Waals surface area contributed by atoms with E-state index >= 15 is 0 Å². The van der Waals surface area contributed by atoms with Crippen LogP contribution in [0.25, 0.3) is 66.1 Å². The minimum atomic E-state index is -1.46. The molecule has 8 aromatic carbocycles. The maximum atomic E-state index is 4.93. The summed E-state index contributed by atoms with van der Waals surface area (Å²) in [6.07, 6.45) is 0. The molecular formula is C64H84Cl2Si5Zr. The van der Waals surface area contributed by atoms with Crippen LogP contribution in [0.2, 0.25) is 91.7 Å². The summed E-state index contributed by atoms with van der Waals surface area (Å²) >= 11 is -0.826. The predicted molar refractivity (Wildman–Crippen MR) is 339 cm³/mol. The van der Waals surface area contributed by atoms with E-state index < -0.39 is 53.1 Å². The van der Waals surface area contributed by atoms with Crippen LogP contribution < -0.4 is 20.7 Å². The van der Waals surface area contributed by atoms with Crippen LogP contribution in [-0.4, -0.2) is 41.8 Å². The van der Waals surface area contributed by atoms with Crippen LogP contribution in [0.5, 0.6) is 0 Å². The first-order valence-corrected chi connectivity index (χ1v) is 48.1. The molecule has 0 atom stereocenters.